The van der Waals surface area contributed by atoms with Crippen LogP contribution in [0.4, 0.5) is 0 Å². The molecule has 0 radical (unpaired) electrons. The van der Waals surface area contributed by atoms with Gasteiger partial charge in [0.05, 0.1) is 12.4 Å². The van der Waals surface area contributed by atoms with Gasteiger partial charge in [0.25, 0.3) is 0 Å². The van der Waals surface area contributed by atoms with Gasteiger partial charge in [0.1, 0.15) is 5.75 Å². The van der Waals surface area contributed by atoms with E-state index in [0.717, 1.165) is 4.47 Å². The van der Waals surface area contributed by atoms with Gasteiger partial charge in [-0.15, -0.1) is 0 Å². The number of methoxy groups -OCH3 is 1. The topological polar surface area (TPSA) is 84.5 Å². The van der Waals surface area contributed by atoms with E-state index in [2.05, 4.69) is 26.6 Å². The van der Waals surface area contributed by atoms with Crippen molar-refractivity contribution in [3.8, 4) is 0 Å². The molecule has 2 N–H and O–H groups in total. The van der Waals surface area contributed by atoms with Gasteiger partial charge in [-0.3, -0.25) is 4.79 Å². The smallest absolute Gasteiger partial charge is 0.235 e. The van der Waals surface area contributed by atoms with Crippen molar-refractivity contribution in [3.05, 3.63) is 34.3 Å². The predicted octanol–water partition coefficient (Wildman–Crippen LogP) is 0.716. The largest absolute Gasteiger partial charge is 0.383 e. The van der Waals surface area contributed by atoms with E-state index in [1.165, 1.54) is 0 Å². The zero-order valence-electron chi connectivity index (χ0n) is 12.5. The van der Waals surface area contributed by atoms with Crippen molar-refractivity contribution < 1.29 is 17.9 Å². The Morgan fingerprint density at radius 3 is 2.73 bits per heavy atom. The number of amides is 1. The maximum atomic E-state index is 12.0. The third-order valence-electron chi connectivity index (χ3n) is 2.73. The first-order valence-corrected chi connectivity index (χ1v) is 9.45. The lowest BCUT2D eigenvalue weighted by molar-refractivity contribution is -0.118. The van der Waals surface area contributed by atoms with Crippen LogP contribution in [0, 0.1) is 0 Å². The van der Waals surface area contributed by atoms with Gasteiger partial charge >= 0.3 is 0 Å². The van der Waals surface area contributed by atoms with Crippen LogP contribution in [-0.4, -0.2) is 53.4 Å². The number of carbonyl (C=O) groups is 1. The lowest BCUT2D eigenvalue weighted by atomic mass is 10.2. The molecule has 8 heteroatoms. The van der Waals surface area contributed by atoms with E-state index >= 15 is 0 Å². The number of halogens is 1. The standard InChI is InChI=1S/C14H21BrN2O4S/c1-21-8-7-16-5-6-17-14(18)11-22(19,20)10-12-3-2-4-13(15)9-12/h2-4,9,16H,5-8,10-11H2,1H3,(H,17,18). The number of carbonyl (C=O) groups excluding carboxylic acids is 1. The molecule has 6 nitrogen and oxygen atoms in total. The molecule has 0 aromatic heterocycles. The van der Waals surface area contributed by atoms with Crippen molar-refractivity contribution in [2.75, 3.05) is 39.1 Å². The van der Waals surface area contributed by atoms with Crippen LogP contribution in [0.5, 0.6) is 0 Å². The third kappa shape index (κ3) is 8.47. The fourth-order valence-corrected chi connectivity index (χ4v) is 3.51. The zero-order chi connectivity index (χ0) is 16.4. The fourth-order valence-electron chi connectivity index (χ4n) is 1.77. The van der Waals surface area contributed by atoms with Crippen LogP contribution in [0.2, 0.25) is 0 Å². The Kier molecular flexibility index (Phi) is 8.62. The van der Waals surface area contributed by atoms with Crippen molar-refractivity contribution in [1.82, 2.24) is 10.6 Å². The van der Waals surface area contributed by atoms with Crippen molar-refractivity contribution >= 4 is 31.7 Å². The number of hydrogen-bond donors (Lipinski definition) is 2. The Balaban J connectivity index is 2.33. The van der Waals surface area contributed by atoms with Crippen molar-refractivity contribution in [3.63, 3.8) is 0 Å². The Bertz CT molecular complexity index is 578. The molecule has 1 aromatic carbocycles. The van der Waals surface area contributed by atoms with Gasteiger partial charge in [0, 0.05) is 31.2 Å². The van der Waals surface area contributed by atoms with Crippen molar-refractivity contribution in [2.24, 2.45) is 0 Å². The van der Waals surface area contributed by atoms with Gasteiger partial charge in [-0.2, -0.15) is 0 Å². The maximum absolute atomic E-state index is 12.0. The molecule has 1 rings (SSSR count). The highest BCUT2D eigenvalue weighted by molar-refractivity contribution is 9.10. The average Bonchev–Trinajstić information content (AvgIpc) is 2.41. The van der Waals surface area contributed by atoms with Crippen molar-refractivity contribution in [2.45, 2.75) is 5.75 Å². The summed E-state index contributed by atoms with van der Waals surface area (Å²) >= 11 is 3.29. The summed E-state index contributed by atoms with van der Waals surface area (Å²) in [7, 11) is -1.86. The molecule has 124 valence electrons. The van der Waals surface area contributed by atoms with Gasteiger partial charge in [-0.05, 0) is 17.7 Å². The monoisotopic (exact) mass is 392 g/mol. The minimum atomic E-state index is -3.48. The molecule has 1 aromatic rings. The summed E-state index contributed by atoms with van der Waals surface area (Å²) in [5.41, 5.74) is 0.656. The van der Waals surface area contributed by atoms with E-state index in [0.29, 0.717) is 31.8 Å². The lowest BCUT2D eigenvalue weighted by Gasteiger charge is -2.08. The Morgan fingerprint density at radius 1 is 1.27 bits per heavy atom. The van der Waals surface area contributed by atoms with E-state index in [-0.39, 0.29) is 5.75 Å². The first-order valence-electron chi connectivity index (χ1n) is 6.84. The summed E-state index contributed by atoms with van der Waals surface area (Å²) in [5.74, 6) is -1.13. The molecule has 0 spiro atoms. The summed E-state index contributed by atoms with van der Waals surface area (Å²) in [6, 6.07) is 7.04. The maximum Gasteiger partial charge on any atom is 0.235 e. The van der Waals surface area contributed by atoms with E-state index in [1.54, 1.807) is 25.3 Å². The van der Waals surface area contributed by atoms with E-state index in [9.17, 15) is 13.2 Å². The van der Waals surface area contributed by atoms with E-state index < -0.39 is 21.5 Å². The summed E-state index contributed by atoms with van der Waals surface area (Å²) in [4.78, 5) is 11.7. The highest BCUT2D eigenvalue weighted by Crippen LogP contribution is 2.14. The molecule has 0 aliphatic carbocycles. The van der Waals surface area contributed by atoms with Crippen LogP contribution in [0.3, 0.4) is 0 Å². The number of rotatable bonds is 10. The molecule has 0 bridgehead atoms. The van der Waals surface area contributed by atoms with Crippen molar-refractivity contribution in [1.29, 1.82) is 0 Å². The second-order valence-corrected chi connectivity index (χ2v) is 7.74. The van der Waals surface area contributed by atoms with Gasteiger partial charge < -0.3 is 15.4 Å². The van der Waals surface area contributed by atoms with Gasteiger partial charge in [-0.1, -0.05) is 28.1 Å². The molecule has 0 saturated carbocycles. The molecule has 0 saturated heterocycles. The van der Waals surface area contributed by atoms with Crippen LogP contribution in [0.25, 0.3) is 0 Å². The van der Waals surface area contributed by atoms with Gasteiger partial charge in [0.2, 0.25) is 5.91 Å². The van der Waals surface area contributed by atoms with Crippen LogP contribution < -0.4 is 10.6 Å². The minimum Gasteiger partial charge on any atom is -0.383 e. The van der Waals surface area contributed by atoms with Crippen LogP contribution in [0.1, 0.15) is 5.56 Å². The highest BCUT2D eigenvalue weighted by Gasteiger charge is 2.17. The second-order valence-electron chi connectivity index (χ2n) is 4.75. The third-order valence-corrected chi connectivity index (χ3v) is 4.70. The predicted molar refractivity (Wildman–Crippen MR) is 89.4 cm³/mol. The summed E-state index contributed by atoms with van der Waals surface area (Å²) in [6.45, 7) is 2.23. The van der Waals surface area contributed by atoms with Crippen LogP contribution in [0.15, 0.2) is 28.7 Å². The molecular weight excluding hydrogens is 372 g/mol. The average molecular weight is 393 g/mol. The van der Waals surface area contributed by atoms with E-state index in [1.807, 2.05) is 6.07 Å². The van der Waals surface area contributed by atoms with Crippen LogP contribution in [-0.2, 0) is 25.1 Å². The normalized spacial score (nSPS) is 11.4. The number of nitrogens with one attached hydrogen (secondary N) is 2. The first-order chi connectivity index (χ1) is 10.4. The number of sulfone groups is 1. The molecule has 0 heterocycles. The van der Waals surface area contributed by atoms with Crippen LogP contribution >= 0.6 is 15.9 Å². The molecule has 0 fully saturated rings. The Morgan fingerprint density at radius 2 is 2.05 bits per heavy atom. The zero-order valence-corrected chi connectivity index (χ0v) is 14.9. The molecule has 22 heavy (non-hydrogen) atoms. The molecule has 0 atom stereocenters. The Labute approximate surface area is 139 Å². The quantitative estimate of drug-likeness (QED) is 0.573. The number of benzene rings is 1. The highest BCUT2D eigenvalue weighted by atomic mass is 79.9. The van der Waals surface area contributed by atoms with Gasteiger partial charge in [-0.25, -0.2) is 8.42 Å². The molecule has 0 aliphatic rings. The summed E-state index contributed by atoms with van der Waals surface area (Å²) in [5, 5.41) is 5.64. The SMILES string of the molecule is COCCNCCNC(=O)CS(=O)(=O)Cc1cccc(Br)c1. The fraction of sp³-hybridized carbons (Fsp3) is 0.500. The summed E-state index contributed by atoms with van der Waals surface area (Å²) in [6.07, 6.45) is 0. The van der Waals surface area contributed by atoms with E-state index in [4.69, 9.17) is 4.74 Å². The lowest BCUT2D eigenvalue weighted by Crippen LogP contribution is -2.36. The molecular formula is C14H21BrN2O4S. The first kappa shape index (κ1) is 19.1. The van der Waals surface area contributed by atoms with Gasteiger partial charge in [0.15, 0.2) is 9.84 Å². The number of ether oxygens (including phenoxy) is 1. The minimum absolute atomic E-state index is 0.147. The molecule has 0 aliphatic heterocycles. The molecule has 1 amide bonds. The summed E-state index contributed by atoms with van der Waals surface area (Å²) < 4.78 is 29.7. The number of hydrogen-bond acceptors (Lipinski definition) is 5. The molecule has 0 unspecified atom stereocenters. The Hall–Kier alpha value is -0.960. The second kappa shape index (κ2) is 9.94.